The van der Waals surface area contributed by atoms with Crippen LogP contribution in [-0.4, -0.2) is 26.2 Å². The highest BCUT2D eigenvalue weighted by molar-refractivity contribution is 9.09. The van der Waals surface area contributed by atoms with Crippen LogP contribution in [0.2, 0.25) is 0 Å². The van der Waals surface area contributed by atoms with Crippen LogP contribution < -0.4 is 14.2 Å². The number of methoxy groups -OCH3 is 2. The minimum Gasteiger partial charge on any atom is -0.493 e. The van der Waals surface area contributed by atoms with E-state index < -0.39 is 0 Å². The molecule has 0 fully saturated rings. The summed E-state index contributed by atoms with van der Waals surface area (Å²) in [6.07, 6.45) is 6.15. The maximum Gasteiger partial charge on any atom is 0.164 e. The fourth-order valence-corrected chi connectivity index (χ4v) is 2.22. The summed E-state index contributed by atoms with van der Waals surface area (Å²) in [5.74, 6) is 2.26. The van der Waals surface area contributed by atoms with E-state index in [-0.39, 0.29) is 0 Å². The van der Waals surface area contributed by atoms with Crippen molar-refractivity contribution in [3.05, 3.63) is 18.2 Å². The van der Waals surface area contributed by atoms with Gasteiger partial charge in [-0.05, 0) is 25.0 Å². The van der Waals surface area contributed by atoms with Crippen molar-refractivity contribution in [2.45, 2.75) is 32.1 Å². The molecule has 1 aromatic carbocycles. The fraction of sp³-hybridized carbons (Fsp3) is 0.600. The molecule has 0 saturated heterocycles. The number of alkyl halides is 1. The Morgan fingerprint density at radius 2 is 1.58 bits per heavy atom. The van der Waals surface area contributed by atoms with Crippen LogP contribution in [0.3, 0.4) is 0 Å². The minimum absolute atomic E-state index is 0.706. The van der Waals surface area contributed by atoms with Gasteiger partial charge in [0.1, 0.15) is 5.75 Å². The van der Waals surface area contributed by atoms with Crippen LogP contribution in [0.15, 0.2) is 18.2 Å². The quantitative estimate of drug-likeness (QED) is 0.469. The normalized spacial score (nSPS) is 10.3. The first-order chi connectivity index (χ1) is 9.31. The largest absolute Gasteiger partial charge is 0.493 e. The fourth-order valence-electron chi connectivity index (χ4n) is 1.82. The molecule has 0 heterocycles. The van der Waals surface area contributed by atoms with Crippen LogP contribution in [0.1, 0.15) is 32.1 Å². The molecule has 0 amide bonds. The van der Waals surface area contributed by atoms with E-state index in [1.165, 1.54) is 25.7 Å². The standard InChI is InChI=1S/C15H23BrO3/c1-17-14-9-8-13(12-15(14)18-2)19-11-7-5-3-4-6-10-16/h8-9,12H,3-7,10-11H2,1-2H3. The highest BCUT2D eigenvalue weighted by Crippen LogP contribution is 2.30. The molecule has 0 aliphatic heterocycles. The van der Waals surface area contributed by atoms with Gasteiger partial charge in [-0.15, -0.1) is 0 Å². The van der Waals surface area contributed by atoms with E-state index in [1.54, 1.807) is 14.2 Å². The van der Waals surface area contributed by atoms with Crippen molar-refractivity contribution in [1.29, 1.82) is 0 Å². The van der Waals surface area contributed by atoms with Crippen molar-refractivity contribution in [2.75, 3.05) is 26.2 Å². The molecule has 0 atom stereocenters. The third-order valence-electron chi connectivity index (χ3n) is 2.90. The zero-order valence-corrected chi connectivity index (χ0v) is 13.4. The number of hydrogen-bond donors (Lipinski definition) is 0. The second-order valence-electron chi connectivity index (χ2n) is 4.32. The molecule has 1 aromatic rings. The number of hydrogen-bond acceptors (Lipinski definition) is 3. The molecule has 3 nitrogen and oxygen atoms in total. The van der Waals surface area contributed by atoms with Gasteiger partial charge in [-0.3, -0.25) is 0 Å². The molecule has 0 bridgehead atoms. The van der Waals surface area contributed by atoms with E-state index in [1.807, 2.05) is 18.2 Å². The lowest BCUT2D eigenvalue weighted by molar-refractivity contribution is 0.299. The second-order valence-corrected chi connectivity index (χ2v) is 5.11. The Morgan fingerprint density at radius 3 is 2.26 bits per heavy atom. The minimum atomic E-state index is 0.706. The van der Waals surface area contributed by atoms with Crippen LogP contribution >= 0.6 is 15.9 Å². The molecule has 0 N–H and O–H groups in total. The van der Waals surface area contributed by atoms with Crippen LogP contribution in [0.4, 0.5) is 0 Å². The van der Waals surface area contributed by atoms with Crippen LogP contribution in [0.25, 0.3) is 0 Å². The first-order valence-corrected chi connectivity index (χ1v) is 7.84. The Kier molecular flexibility index (Phi) is 8.47. The summed E-state index contributed by atoms with van der Waals surface area (Å²) in [7, 11) is 3.26. The van der Waals surface area contributed by atoms with Gasteiger partial charge in [-0.2, -0.15) is 0 Å². The lowest BCUT2D eigenvalue weighted by atomic mass is 10.2. The topological polar surface area (TPSA) is 27.7 Å². The number of halogens is 1. The molecule has 0 aromatic heterocycles. The van der Waals surface area contributed by atoms with Crippen molar-refractivity contribution in [1.82, 2.24) is 0 Å². The first kappa shape index (κ1) is 16.2. The smallest absolute Gasteiger partial charge is 0.164 e. The lowest BCUT2D eigenvalue weighted by Gasteiger charge is -2.10. The second kappa shape index (κ2) is 9.96. The van der Waals surface area contributed by atoms with Gasteiger partial charge in [-0.1, -0.05) is 35.2 Å². The summed E-state index contributed by atoms with van der Waals surface area (Å²) >= 11 is 3.44. The Bertz CT molecular complexity index is 355. The van der Waals surface area contributed by atoms with Gasteiger partial charge in [0.25, 0.3) is 0 Å². The predicted molar refractivity (Wildman–Crippen MR) is 81.9 cm³/mol. The van der Waals surface area contributed by atoms with Crippen LogP contribution in [0.5, 0.6) is 17.2 Å². The number of benzene rings is 1. The molecular formula is C15H23BrO3. The monoisotopic (exact) mass is 330 g/mol. The summed E-state index contributed by atoms with van der Waals surface area (Å²) in [5, 5.41) is 1.11. The third-order valence-corrected chi connectivity index (χ3v) is 3.46. The number of ether oxygens (including phenoxy) is 3. The average Bonchev–Trinajstić information content (AvgIpc) is 2.46. The molecule has 0 spiro atoms. The molecule has 19 heavy (non-hydrogen) atoms. The third kappa shape index (κ3) is 6.19. The molecule has 0 radical (unpaired) electrons. The summed E-state index contributed by atoms with van der Waals surface area (Å²) in [5.41, 5.74) is 0. The van der Waals surface area contributed by atoms with Crippen molar-refractivity contribution >= 4 is 15.9 Å². The maximum atomic E-state index is 5.71. The van der Waals surface area contributed by atoms with Crippen molar-refractivity contribution < 1.29 is 14.2 Å². The Morgan fingerprint density at radius 1 is 0.895 bits per heavy atom. The molecule has 0 unspecified atom stereocenters. The molecule has 4 heteroatoms. The Hall–Kier alpha value is -0.900. The van der Waals surface area contributed by atoms with Crippen molar-refractivity contribution in [3.8, 4) is 17.2 Å². The first-order valence-electron chi connectivity index (χ1n) is 6.72. The van der Waals surface area contributed by atoms with E-state index in [2.05, 4.69) is 15.9 Å². The number of unbranched alkanes of at least 4 members (excludes halogenated alkanes) is 4. The van der Waals surface area contributed by atoms with E-state index >= 15 is 0 Å². The predicted octanol–water partition coefficient (Wildman–Crippen LogP) is 4.43. The SMILES string of the molecule is COc1ccc(OCCCCCCCBr)cc1OC. The molecule has 0 aliphatic carbocycles. The van der Waals surface area contributed by atoms with Gasteiger partial charge in [0, 0.05) is 11.4 Å². The lowest BCUT2D eigenvalue weighted by Crippen LogP contribution is -1.98. The molecule has 1 rings (SSSR count). The van der Waals surface area contributed by atoms with Crippen molar-refractivity contribution in [2.24, 2.45) is 0 Å². The Labute approximate surface area is 124 Å². The zero-order chi connectivity index (χ0) is 13.9. The van der Waals surface area contributed by atoms with E-state index in [9.17, 15) is 0 Å². The summed E-state index contributed by atoms with van der Waals surface area (Å²) in [6.45, 7) is 0.754. The van der Waals surface area contributed by atoms with Gasteiger partial charge >= 0.3 is 0 Å². The van der Waals surface area contributed by atoms with E-state index in [0.29, 0.717) is 5.75 Å². The van der Waals surface area contributed by atoms with Gasteiger partial charge < -0.3 is 14.2 Å². The highest BCUT2D eigenvalue weighted by atomic mass is 79.9. The van der Waals surface area contributed by atoms with Crippen LogP contribution in [-0.2, 0) is 0 Å². The summed E-state index contributed by atoms with van der Waals surface area (Å²) < 4.78 is 16.1. The summed E-state index contributed by atoms with van der Waals surface area (Å²) in [6, 6.07) is 5.64. The summed E-state index contributed by atoms with van der Waals surface area (Å²) in [4.78, 5) is 0. The van der Waals surface area contributed by atoms with Gasteiger partial charge in [0.2, 0.25) is 0 Å². The highest BCUT2D eigenvalue weighted by Gasteiger charge is 2.04. The average molecular weight is 331 g/mol. The van der Waals surface area contributed by atoms with Gasteiger partial charge in [0.15, 0.2) is 11.5 Å². The van der Waals surface area contributed by atoms with E-state index in [0.717, 1.165) is 29.9 Å². The Balaban J connectivity index is 2.26. The van der Waals surface area contributed by atoms with E-state index in [4.69, 9.17) is 14.2 Å². The molecular weight excluding hydrogens is 308 g/mol. The van der Waals surface area contributed by atoms with Crippen LogP contribution in [0, 0.1) is 0 Å². The molecule has 108 valence electrons. The maximum absolute atomic E-state index is 5.71. The van der Waals surface area contributed by atoms with Crippen molar-refractivity contribution in [3.63, 3.8) is 0 Å². The van der Waals surface area contributed by atoms with Gasteiger partial charge in [0.05, 0.1) is 20.8 Å². The number of rotatable bonds is 10. The molecule has 0 saturated carbocycles. The zero-order valence-electron chi connectivity index (χ0n) is 11.8. The van der Waals surface area contributed by atoms with Gasteiger partial charge in [-0.25, -0.2) is 0 Å². The molecule has 0 aliphatic rings.